The van der Waals surface area contributed by atoms with Gasteiger partial charge in [-0.3, -0.25) is 0 Å². The smallest absolute Gasteiger partial charge is 0.330 e. The van der Waals surface area contributed by atoms with E-state index in [0.717, 1.165) is 19.3 Å². The highest BCUT2D eigenvalue weighted by Gasteiger charge is 2.51. The van der Waals surface area contributed by atoms with Crippen molar-refractivity contribution in [3.63, 3.8) is 0 Å². The van der Waals surface area contributed by atoms with Crippen molar-refractivity contribution in [1.82, 2.24) is 0 Å². The van der Waals surface area contributed by atoms with Crippen molar-refractivity contribution in [2.24, 2.45) is 0 Å². The van der Waals surface area contributed by atoms with Gasteiger partial charge >= 0.3 is 5.97 Å². The molecule has 2 aromatic rings. The molecular formula is C30H44O3Si2. The van der Waals surface area contributed by atoms with Crippen LogP contribution < -0.4 is 10.4 Å². The van der Waals surface area contributed by atoms with Crippen molar-refractivity contribution >= 4 is 32.7 Å². The van der Waals surface area contributed by atoms with Crippen LogP contribution in [-0.2, 0) is 14.0 Å². The molecule has 35 heavy (non-hydrogen) atoms. The molecule has 2 aromatic carbocycles. The molecular weight excluding hydrogens is 464 g/mol. The minimum Gasteiger partial charge on any atom is -0.466 e. The molecule has 0 bridgehead atoms. The first kappa shape index (κ1) is 29.0. The summed E-state index contributed by atoms with van der Waals surface area (Å²) in [6.07, 6.45) is 10.6. The molecule has 0 heterocycles. The molecule has 0 saturated carbocycles. The second kappa shape index (κ2) is 13.2. The lowest BCUT2D eigenvalue weighted by atomic mass is 10.1. The van der Waals surface area contributed by atoms with E-state index in [-0.39, 0.29) is 17.1 Å². The predicted octanol–water partition coefficient (Wildman–Crippen LogP) is 6.73. The number of hydrogen-bond donors (Lipinski definition) is 0. The topological polar surface area (TPSA) is 35.5 Å². The van der Waals surface area contributed by atoms with Crippen LogP contribution >= 0.6 is 0 Å². The van der Waals surface area contributed by atoms with Gasteiger partial charge < -0.3 is 9.16 Å². The average Bonchev–Trinajstić information content (AvgIpc) is 2.81. The van der Waals surface area contributed by atoms with E-state index >= 15 is 0 Å². The Kier molecular flexibility index (Phi) is 10.9. The van der Waals surface area contributed by atoms with Crippen LogP contribution in [0.2, 0.25) is 30.7 Å². The van der Waals surface area contributed by atoms with E-state index in [2.05, 4.69) is 113 Å². The van der Waals surface area contributed by atoms with Gasteiger partial charge in [0.15, 0.2) is 0 Å². The Morgan fingerprint density at radius 1 is 0.886 bits per heavy atom. The predicted molar refractivity (Wildman–Crippen MR) is 155 cm³/mol. The monoisotopic (exact) mass is 508 g/mol. The molecule has 0 aromatic heterocycles. The molecule has 0 spiro atoms. The van der Waals surface area contributed by atoms with Gasteiger partial charge in [-0.15, -0.1) is 0 Å². The van der Waals surface area contributed by atoms with Crippen molar-refractivity contribution in [3.8, 4) is 0 Å². The number of benzene rings is 2. The maximum Gasteiger partial charge on any atom is 0.330 e. The zero-order valence-corrected chi connectivity index (χ0v) is 24.7. The van der Waals surface area contributed by atoms with Crippen LogP contribution in [0.1, 0.15) is 40.0 Å². The van der Waals surface area contributed by atoms with E-state index < -0.39 is 16.4 Å². The normalized spacial score (nSPS) is 13.9. The SMILES string of the molecule is COC(=O)/C=C/CCC(/C=C\CC[Si](C)(C)C)O[Si](c1ccccc1)(c1ccccc1)C(C)(C)C. The van der Waals surface area contributed by atoms with Crippen LogP contribution in [0.4, 0.5) is 0 Å². The number of ether oxygens (including phenoxy) is 1. The van der Waals surface area contributed by atoms with Gasteiger partial charge in [0.25, 0.3) is 8.32 Å². The average molecular weight is 509 g/mol. The molecule has 190 valence electrons. The van der Waals surface area contributed by atoms with E-state index in [0.29, 0.717) is 0 Å². The van der Waals surface area contributed by atoms with Crippen LogP contribution in [0.15, 0.2) is 85.0 Å². The van der Waals surface area contributed by atoms with Crippen LogP contribution in [0.25, 0.3) is 0 Å². The lowest BCUT2D eigenvalue weighted by Crippen LogP contribution is -2.67. The number of hydrogen-bond acceptors (Lipinski definition) is 3. The largest absolute Gasteiger partial charge is 0.466 e. The van der Waals surface area contributed by atoms with Gasteiger partial charge in [0, 0.05) is 14.1 Å². The van der Waals surface area contributed by atoms with Gasteiger partial charge in [-0.1, -0.05) is 125 Å². The molecule has 3 nitrogen and oxygen atoms in total. The number of rotatable bonds is 12. The van der Waals surface area contributed by atoms with E-state index in [1.165, 1.54) is 29.6 Å². The molecule has 1 atom stereocenters. The molecule has 0 aliphatic carbocycles. The van der Waals surface area contributed by atoms with Gasteiger partial charge in [0.05, 0.1) is 13.2 Å². The van der Waals surface area contributed by atoms with Gasteiger partial charge in [0.1, 0.15) is 0 Å². The highest BCUT2D eigenvalue weighted by molar-refractivity contribution is 6.99. The number of carbonyl (C=O) groups excluding carboxylic acids is 1. The molecule has 5 heteroatoms. The van der Waals surface area contributed by atoms with Crippen molar-refractivity contribution in [2.75, 3.05) is 7.11 Å². The third-order valence-electron chi connectivity index (χ3n) is 6.23. The molecule has 0 radical (unpaired) electrons. The van der Waals surface area contributed by atoms with E-state index in [1.807, 2.05) is 6.08 Å². The lowest BCUT2D eigenvalue weighted by Gasteiger charge is -2.44. The van der Waals surface area contributed by atoms with Gasteiger partial charge in [-0.2, -0.15) is 0 Å². The lowest BCUT2D eigenvalue weighted by molar-refractivity contribution is -0.134. The van der Waals surface area contributed by atoms with Crippen molar-refractivity contribution < 1.29 is 14.0 Å². The molecule has 0 fully saturated rings. The minimum atomic E-state index is -2.66. The molecule has 0 amide bonds. The van der Waals surface area contributed by atoms with Crippen LogP contribution in [0, 0.1) is 0 Å². The van der Waals surface area contributed by atoms with Crippen LogP contribution in [0.5, 0.6) is 0 Å². The fourth-order valence-corrected chi connectivity index (χ4v) is 10.1. The fourth-order valence-electron chi connectivity index (χ4n) is 4.39. The molecule has 0 N–H and O–H groups in total. The fraction of sp³-hybridized carbons (Fsp3) is 0.433. The van der Waals surface area contributed by atoms with Crippen LogP contribution in [-0.4, -0.2) is 35.6 Å². The first-order valence-electron chi connectivity index (χ1n) is 12.7. The Morgan fingerprint density at radius 2 is 1.43 bits per heavy atom. The quantitative estimate of drug-likeness (QED) is 0.138. The Balaban J connectivity index is 2.48. The van der Waals surface area contributed by atoms with E-state index in [1.54, 1.807) is 0 Å². The second-order valence-corrected chi connectivity index (χ2v) is 21.2. The first-order chi connectivity index (χ1) is 16.5. The number of methoxy groups -OCH3 is 1. The highest BCUT2D eigenvalue weighted by Crippen LogP contribution is 2.38. The second-order valence-electron chi connectivity index (χ2n) is 11.3. The summed E-state index contributed by atoms with van der Waals surface area (Å²) in [5.74, 6) is -0.319. The van der Waals surface area contributed by atoms with E-state index in [9.17, 15) is 4.79 Å². The number of carbonyl (C=O) groups is 1. The molecule has 0 saturated heterocycles. The summed E-state index contributed by atoms with van der Waals surface area (Å²) in [6.45, 7) is 14.2. The maximum atomic E-state index is 11.5. The number of allylic oxidation sites excluding steroid dienone is 2. The standard InChI is InChI=1S/C30H44O3Si2/c1-30(2,3)35(27-20-10-8-11-21-27,28-22-12-9-13-23-28)33-26(18-14-15-24-29(31)32-4)19-16-17-25-34(5,6)7/h8-13,15-16,19-24,26H,14,17-18,25H2,1-7H3/b19-16-,24-15+. The molecule has 2 rings (SSSR count). The maximum absolute atomic E-state index is 11.5. The molecule has 0 aliphatic heterocycles. The third-order valence-corrected chi connectivity index (χ3v) is 13.1. The highest BCUT2D eigenvalue weighted by atomic mass is 28.4. The minimum absolute atomic E-state index is 0.0507. The summed E-state index contributed by atoms with van der Waals surface area (Å²) < 4.78 is 12.1. The third kappa shape index (κ3) is 8.74. The summed E-state index contributed by atoms with van der Waals surface area (Å²) in [5, 5.41) is 2.48. The van der Waals surface area contributed by atoms with Gasteiger partial charge in [0.2, 0.25) is 0 Å². The van der Waals surface area contributed by atoms with Crippen molar-refractivity contribution in [2.45, 2.75) is 76.9 Å². The summed E-state index contributed by atoms with van der Waals surface area (Å²) >= 11 is 0. The Hall–Kier alpha value is -2.22. The zero-order chi connectivity index (χ0) is 26.0. The van der Waals surface area contributed by atoms with Crippen molar-refractivity contribution in [1.29, 1.82) is 0 Å². The van der Waals surface area contributed by atoms with Crippen molar-refractivity contribution in [3.05, 3.63) is 85.0 Å². The summed E-state index contributed by atoms with van der Waals surface area (Å²) in [5.41, 5.74) is 0. The Labute approximate surface area is 215 Å². The Morgan fingerprint density at radius 3 is 1.89 bits per heavy atom. The summed E-state index contributed by atoms with van der Waals surface area (Å²) in [7, 11) is -2.36. The summed E-state index contributed by atoms with van der Waals surface area (Å²) in [6, 6.07) is 22.8. The molecule has 0 aliphatic rings. The van der Waals surface area contributed by atoms with Gasteiger partial charge in [-0.25, -0.2) is 4.79 Å². The first-order valence-corrected chi connectivity index (χ1v) is 18.3. The van der Waals surface area contributed by atoms with Crippen LogP contribution in [0.3, 0.4) is 0 Å². The molecule has 1 unspecified atom stereocenters. The zero-order valence-electron chi connectivity index (χ0n) is 22.7. The summed E-state index contributed by atoms with van der Waals surface area (Å²) in [4.78, 5) is 11.5. The Bertz CT molecular complexity index is 915. The van der Waals surface area contributed by atoms with Gasteiger partial charge in [-0.05, 0) is 34.7 Å². The number of esters is 1. The van der Waals surface area contributed by atoms with E-state index in [4.69, 9.17) is 9.16 Å².